The Hall–Kier alpha value is -3.33. The third-order valence-corrected chi connectivity index (χ3v) is 6.18. The summed E-state index contributed by atoms with van der Waals surface area (Å²) in [5.74, 6) is 1.20. The largest absolute Gasteiger partial charge is 0.331 e. The number of hydrogen-bond donors (Lipinski definition) is 0. The van der Waals surface area contributed by atoms with Crippen molar-refractivity contribution in [1.29, 1.82) is 0 Å². The van der Waals surface area contributed by atoms with E-state index in [1.54, 1.807) is 31.4 Å². The summed E-state index contributed by atoms with van der Waals surface area (Å²) in [5.41, 5.74) is 2.70. The van der Waals surface area contributed by atoms with Crippen LogP contribution in [0.1, 0.15) is 25.5 Å². The maximum Gasteiger partial charge on any atom is 0.331 e. The summed E-state index contributed by atoms with van der Waals surface area (Å²) in [7, 11) is 3.43. The Morgan fingerprint density at radius 3 is 2.57 bits per heavy atom. The highest BCUT2D eigenvalue weighted by Gasteiger charge is 2.22. The number of rotatable bonds is 4. The Morgan fingerprint density at radius 1 is 1.07 bits per heavy atom. The van der Waals surface area contributed by atoms with Crippen LogP contribution in [-0.2, 0) is 0 Å². The zero-order valence-electron chi connectivity index (χ0n) is 17.6. The van der Waals surface area contributed by atoms with Crippen molar-refractivity contribution in [3.8, 4) is 11.5 Å². The molecule has 0 spiro atoms. The van der Waals surface area contributed by atoms with Crippen molar-refractivity contribution in [3.63, 3.8) is 0 Å². The number of aromatic nitrogens is 5. The molecular weight excluding hydrogens is 398 g/mol. The molecular formula is C21H23N7OS. The lowest BCUT2D eigenvalue weighted by Crippen LogP contribution is -2.39. The minimum Gasteiger partial charge on any atom is -0.310 e. The molecule has 154 valence electrons. The highest BCUT2D eigenvalue weighted by Crippen LogP contribution is 2.31. The number of hydrogen-bond acceptors (Lipinski definition) is 6. The van der Waals surface area contributed by atoms with Gasteiger partial charge >= 0.3 is 6.03 Å². The second-order valence-electron chi connectivity index (χ2n) is 7.36. The Kier molecular flexibility index (Phi) is 5.21. The minimum absolute atomic E-state index is 0.202. The van der Waals surface area contributed by atoms with Gasteiger partial charge in [0.25, 0.3) is 0 Å². The number of thiazole rings is 1. The van der Waals surface area contributed by atoms with E-state index < -0.39 is 0 Å². The fraction of sp³-hybridized carbons (Fsp3) is 0.286. The summed E-state index contributed by atoms with van der Waals surface area (Å²) >= 11 is 1.50. The summed E-state index contributed by atoms with van der Waals surface area (Å²) in [5, 5.41) is 8.84. The SMILES string of the molecule is Cc1cccc2nc(N(C)C(=O)N(C)c3cccc(-c4nncn4C(C)C)n3)sc12. The van der Waals surface area contributed by atoms with Gasteiger partial charge in [0.1, 0.15) is 17.8 Å². The van der Waals surface area contributed by atoms with Crippen molar-refractivity contribution in [1.82, 2.24) is 24.7 Å². The third-order valence-electron chi connectivity index (χ3n) is 4.90. The predicted molar refractivity (Wildman–Crippen MR) is 120 cm³/mol. The average Bonchev–Trinajstić information content (AvgIpc) is 3.40. The van der Waals surface area contributed by atoms with Crippen LogP contribution in [-0.4, -0.2) is 44.9 Å². The average molecular weight is 422 g/mol. The van der Waals surface area contributed by atoms with Crippen molar-refractivity contribution < 1.29 is 4.79 Å². The molecule has 1 aromatic carbocycles. The third kappa shape index (κ3) is 3.52. The number of urea groups is 1. The fourth-order valence-electron chi connectivity index (χ4n) is 3.16. The van der Waals surface area contributed by atoms with Crippen LogP contribution < -0.4 is 9.80 Å². The summed E-state index contributed by atoms with van der Waals surface area (Å²) in [6.45, 7) is 6.16. The zero-order chi connectivity index (χ0) is 21.4. The number of nitrogens with zero attached hydrogens (tertiary/aromatic N) is 7. The monoisotopic (exact) mass is 421 g/mol. The van der Waals surface area contributed by atoms with Gasteiger partial charge in [-0.05, 0) is 44.5 Å². The lowest BCUT2D eigenvalue weighted by atomic mass is 10.2. The lowest BCUT2D eigenvalue weighted by Gasteiger charge is -2.22. The number of pyridine rings is 1. The van der Waals surface area contributed by atoms with E-state index in [1.807, 2.05) is 41.8 Å². The first-order valence-corrected chi connectivity index (χ1v) is 10.4. The quantitative estimate of drug-likeness (QED) is 0.484. The molecule has 0 radical (unpaired) electrons. The molecule has 9 heteroatoms. The molecule has 30 heavy (non-hydrogen) atoms. The molecule has 0 unspecified atom stereocenters. The molecule has 0 N–H and O–H groups in total. The first kappa shape index (κ1) is 20.0. The fourth-order valence-corrected chi connectivity index (χ4v) is 4.15. The molecule has 0 saturated heterocycles. The van der Waals surface area contributed by atoms with Gasteiger partial charge in [0.05, 0.1) is 10.2 Å². The Bertz CT molecular complexity index is 1210. The number of carbonyl (C=O) groups excluding carboxylic acids is 1. The van der Waals surface area contributed by atoms with Gasteiger partial charge in [-0.2, -0.15) is 0 Å². The van der Waals surface area contributed by atoms with Gasteiger partial charge < -0.3 is 4.57 Å². The van der Waals surface area contributed by atoms with Crippen molar-refractivity contribution in [2.24, 2.45) is 0 Å². The number of anilines is 2. The molecule has 4 rings (SSSR count). The molecule has 0 aliphatic heterocycles. The highest BCUT2D eigenvalue weighted by atomic mass is 32.1. The Labute approximate surface area is 178 Å². The molecule has 0 saturated carbocycles. The van der Waals surface area contributed by atoms with Gasteiger partial charge in [-0.25, -0.2) is 14.8 Å². The van der Waals surface area contributed by atoms with E-state index in [1.165, 1.54) is 16.2 Å². The maximum absolute atomic E-state index is 13.1. The van der Waals surface area contributed by atoms with E-state index in [0.29, 0.717) is 22.5 Å². The predicted octanol–water partition coefficient (Wildman–Crippen LogP) is 4.53. The smallest absolute Gasteiger partial charge is 0.310 e. The molecule has 2 amide bonds. The number of benzene rings is 1. The van der Waals surface area contributed by atoms with Crippen molar-refractivity contribution in [2.45, 2.75) is 26.8 Å². The van der Waals surface area contributed by atoms with E-state index >= 15 is 0 Å². The number of aryl methyl sites for hydroxylation is 1. The van der Waals surface area contributed by atoms with Crippen molar-refractivity contribution in [2.75, 3.05) is 23.9 Å². The van der Waals surface area contributed by atoms with Crippen LogP contribution in [0.25, 0.3) is 21.7 Å². The van der Waals surface area contributed by atoms with Gasteiger partial charge in [-0.3, -0.25) is 9.80 Å². The summed E-state index contributed by atoms with van der Waals surface area (Å²) in [6.07, 6.45) is 1.69. The van der Waals surface area contributed by atoms with E-state index in [2.05, 4.69) is 34.0 Å². The zero-order valence-corrected chi connectivity index (χ0v) is 18.4. The molecule has 4 aromatic rings. The van der Waals surface area contributed by atoms with Gasteiger partial charge in [0, 0.05) is 20.1 Å². The van der Waals surface area contributed by atoms with Gasteiger partial charge in [-0.15, -0.1) is 10.2 Å². The van der Waals surface area contributed by atoms with Crippen LogP contribution in [0.3, 0.4) is 0 Å². The van der Waals surface area contributed by atoms with Gasteiger partial charge in [0.2, 0.25) is 0 Å². The van der Waals surface area contributed by atoms with E-state index in [4.69, 9.17) is 0 Å². The molecule has 3 aromatic heterocycles. The second kappa shape index (κ2) is 7.83. The summed E-state index contributed by atoms with van der Waals surface area (Å²) < 4.78 is 3.03. The number of amides is 2. The molecule has 0 atom stereocenters. The normalized spacial score (nSPS) is 11.3. The molecule has 3 heterocycles. The van der Waals surface area contributed by atoms with Gasteiger partial charge in [-0.1, -0.05) is 29.5 Å². The standard InChI is InChI=1S/C21H23N7OS/c1-13(2)28-12-22-25-19(28)16-10-7-11-17(23-16)26(4)21(29)27(5)20-24-15-9-6-8-14(3)18(15)30-20/h6-13H,1-5H3. The summed E-state index contributed by atoms with van der Waals surface area (Å²) in [4.78, 5) is 25.5. The first-order valence-electron chi connectivity index (χ1n) is 9.61. The first-order chi connectivity index (χ1) is 14.4. The molecule has 8 nitrogen and oxygen atoms in total. The van der Waals surface area contributed by atoms with E-state index in [9.17, 15) is 4.79 Å². The number of carbonyl (C=O) groups is 1. The van der Waals surface area contributed by atoms with Gasteiger partial charge in [0.15, 0.2) is 11.0 Å². The van der Waals surface area contributed by atoms with Crippen LogP contribution in [0.5, 0.6) is 0 Å². The molecule has 0 bridgehead atoms. The molecule has 0 fully saturated rings. The molecule has 0 aliphatic carbocycles. The number of fused-ring (bicyclic) bond motifs is 1. The molecule has 0 aliphatic rings. The van der Waals surface area contributed by atoms with Crippen molar-refractivity contribution >= 4 is 38.5 Å². The topological polar surface area (TPSA) is 80.0 Å². The van der Waals surface area contributed by atoms with Crippen LogP contribution in [0.15, 0.2) is 42.7 Å². The lowest BCUT2D eigenvalue weighted by molar-refractivity contribution is 0.253. The van der Waals surface area contributed by atoms with Crippen molar-refractivity contribution in [3.05, 3.63) is 48.3 Å². The summed E-state index contributed by atoms with van der Waals surface area (Å²) in [6, 6.07) is 11.5. The Morgan fingerprint density at radius 2 is 1.83 bits per heavy atom. The van der Waals surface area contributed by atoms with Crippen LogP contribution in [0, 0.1) is 6.92 Å². The maximum atomic E-state index is 13.1. The van der Waals surface area contributed by atoms with E-state index in [0.717, 1.165) is 15.8 Å². The second-order valence-corrected chi connectivity index (χ2v) is 8.33. The Balaban J connectivity index is 1.62. The highest BCUT2D eigenvalue weighted by molar-refractivity contribution is 7.22. The van der Waals surface area contributed by atoms with E-state index in [-0.39, 0.29) is 12.1 Å². The van der Waals surface area contributed by atoms with Crippen LogP contribution in [0.2, 0.25) is 0 Å². The van der Waals surface area contributed by atoms with Crippen LogP contribution in [0.4, 0.5) is 15.7 Å². The minimum atomic E-state index is -0.221. The van der Waals surface area contributed by atoms with Crippen LogP contribution >= 0.6 is 11.3 Å².